The summed E-state index contributed by atoms with van der Waals surface area (Å²) in [5.41, 5.74) is 5.76. The van der Waals surface area contributed by atoms with Crippen LogP contribution in [0.3, 0.4) is 0 Å². The van der Waals surface area contributed by atoms with Crippen LogP contribution in [0.15, 0.2) is 18.2 Å². The molecular weight excluding hydrogens is 291 g/mol. The van der Waals surface area contributed by atoms with Gasteiger partial charge in [-0.15, -0.1) is 0 Å². The first-order chi connectivity index (χ1) is 10.00. The second kappa shape index (κ2) is 6.75. The van der Waals surface area contributed by atoms with Gasteiger partial charge in [0.15, 0.2) is 0 Å². The molecule has 5 heteroatoms. The highest BCUT2D eigenvalue weighted by molar-refractivity contribution is 6.31. The van der Waals surface area contributed by atoms with Gasteiger partial charge < -0.3 is 10.6 Å². The molecule has 0 radical (unpaired) electrons. The fourth-order valence-corrected chi connectivity index (χ4v) is 3.35. The SMILES string of the molecule is CN(Cc1c(F)cccc1Cl)C(=O)C1(CN)CCCCC1. The first kappa shape index (κ1) is 16.2. The van der Waals surface area contributed by atoms with E-state index in [0.717, 1.165) is 32.1 Å². The molecule has 1 aliphatic rings. The van der Waals surface area contributed by atoms with Crippen molar-refractivity contribution in [1.82, 2.24) is 4.90 Å². The highest BCUT2D eigenvalue weighted by atomic mass is 35.5. The zero-order valence-electron chi connectivity index (χ0n) is 12.4. The van der Waals surface area contributed by atoms with E-state index < -0.39 is 5.41 Å². The second-order valence-corrected chi connectivity index (χ2v) is 6.31. The first-order valence-corrected chi connectivity index (χ1v) is 7.76. The first-order valence-electron chi connectivity index (χ1n) is 7.39. The topological polar surface area (TPSA) is 46.3 Å². The average Bonchev–Trinajstić information content (AvgIpc) is 2.50. The van der Waals surface area contributed by atoms with Crippen LogP contribution in [-0.4, -0.2) is 24.4 Å². The summed E-state index contributed by atoms with van der Waals surface area (Å²) >= 11 is 6.03. The molecule has 3 nitrogen and oxygen atoms in total. The standard InChI is InChI=1S/C16H22ClFN2O/c1-20(10-12-13(17)6-5-7-14(12)18)15(21)16(11-19)8-3-2-4-9-16/h5-7H,2-4,8-11,19H2,1H3. The van der Waals surface area contributed by atoms with Gasteiger partial charge in [0.1, 0.15) is 5.82 Å². The lowest BCUT2D eigenvalue weighted by molar-refractivity contribution is -0.142. The van der Waals surface area contributed by atoms with E-state index in [-0.39, 0.29) is 18.3 Å². The normalized spacial score (nSPS) is 17.5. The van der Waals surface area contributed by atoms with Crippen molar-refractivity contribution in [3.05, 3.63) is 34.6 Å². The fraction of sp³-hybridized carbons (Fsp3) is 0.562. The van der Waals surface area contributed by atoms with Crippen LogP contribution in [0.25, 0.3) is 0 Å². The third-order valence-electron chi connectivity index (χ3n) is 4.46. The predicted molar refractivity (Wildman–Crippen MR) is 82.5 cm³/mol. The van der Waals surface area contributed by atoms with E-state index in [2.05, 4.69) is 0 Å². The zero-order chi connectivity index (χ0) is 15.5. The number of hydrogen-bond donors (Lipinski definition) is 1. The molecule has 0 spiro atoms. The smallest absolute Gasteiger partial charge is 0.230 e. The molecular formula is C16H22ClFN2O. The maximum absolute atomic E-state index is 13.8. The maximum atomic E-state index is 13.8. The van der Waals surface area contributed by atoms with Crippen LogP contribution in [-0.2, 0) is 11.3 Å². The van der Waals surface area contributed by atoms with Gasteiger partial charge in [-0.1, -0.05) is 36.9 Å². The van der Waals surface area contributed by atoms with Crippen LogP contribution in [0.1, 0.15) is 37.7 Å². The Morgan fingerprint density at radius 1 is 1.38 bits per heavy atom. The molecule has 21 heavy (non-hydrogen) atoms. The lowest BCUT2D eigenvalue weighted by atomic mass is 9.73. The number of rotatable bonds is 4. The quantitative estimate of drug-likeness (QED) is 0.926. The number of halogens is 2. The molecule has 2 rings (SSSR count). The molecule has 1 amide bonds. The third-order valence-corrected chi connectivity index (χ3v) is 4.81. The number of carbonyl (C=O) groups excluding carboxylic acids is 1. The van der Waals surface area contributed by atoms with E-state index in [1.165, 1.54) is 6.07 Å². The van der Waals surface area contributed by atoms with Crippen LogP contribution in [0.4, 0.5) is 4.39 Å². The Balaban J connectivity index is 2.15. The predicted octanol–water partition coefficient (Wildman–Crippen LogP) is 3.35. The molecule has 0 aliphatic heterocycles. The van der Waals surface area contributed by atoms with Crippen molar-refractivity contribution in [2.45, 2.75) is 38.6 Å². The second-order valence-electron chi connectivity index (χ2n) is 5.91. The molecule has 1 fully saturated rings. The Bertz CT molecular complexity index is 495. The minimum absolute atomic E-state index is 0.00372. The zero-order valence-corrected chi connectivity index (χ0v) is 13.1. The molecule has 1 saturated carbocycles. The Morgan fingerprint density at radius 2 is 2.05 bits per heavy atom. The summed E-state index contributed by atoms with van der Waals surface area (Å²) in [5, 5.41) is 0.347. The summed E-state index contributed by atoms with van der Waals surface area (Å²) < 4.78 is 13.8. The van der Waals surface area contributed by atoms with Gasteiger partial charge in [-0.25, -0.2) is 4.39 Å². The molecule has 0 aromatic heterocycles. The number of nitrogens with zero attached hydrogens (tertiary/aromatic N) is 1. The summed E-state index contributed by atoms with van der Waals surface area (Å²) in [4.78, 5) is 14.3. The summed E-state index contributed by atoms with van der Waals surface area (Å²) in [6, 6.07) is 4.56. The monoisotopic (exact) mass is 312 g/mol. The van der Waals surface area contributed by atoms with Gasteiger partial charge in [-0.05, 0) is 25.0 Å². The highest BCUT2D eigenvalue weighted by Gasteiger charge is 2.40. The van der Waals surface area contributed by atoms with Crippen LogP contribution in [0, 0.1) is 11.2 Å². The van der Waals surface area contributed by atoms with Gasteiger partial charge >= 0.3 is 0 Å². The van der Waals surface area contributed by atoms with E-state index in [1.54, 1.807) is 24.1 Å². The van der Waals surface area contributed by atoms with Gasteiger partial charge in [0.25, 0.3) is 0 Å². The molecule has 2 N–H and O–H groups in total. The molecule has 116 valence electrons. The number of amides is 1. The summed E-state index contributed by atoms with van der Waals surface area (Å²) in [6.07, 6.45) is 4.84. The van der Waals surface area contributed by atoms with Crippen molar-refractivity contribution in [2.75, 3.05) is 13.6 Å². The van der Waals surface area contributed by atoms with E-state index in [0.29, 0.717) is 17.1 Å². The van der Waals surface area contributed by atoms with Gasteiger partial charge in [0.05, 0.1) is 5.41 Å². The molecule has 0 saturated heterocycles. The Hall–Kier alpha value is -1.13. The van der Waals surface area contributed by atoms with Crippen molar-refractivity contribution >= 4 is 17.5 Å². The van der Waals surface area contributed by atoms with E-state index in [1.807, 2.05) is 0 Å². The summed E-state index contributed by atoms with van der Waals surface area (Å²) in [6.45, 7) is 0.521. The van der Waals surface area contributed by atoms with E-state index in [9.17, 15) is 9.18 Å². The molecule has 0 bridgehead atoms. The third kappa shape index (κ3) is 3.38. The lowest BCUT2D eigenvalue weighted by Gasteiger charge is -2.37. The van der Waals surface area contributed by atoms with Crippen molar-refractivity contribution < 1.29 is 9.18 Å². The van der Waals surface area contributed by atoms with Crippen LogP contribution >= 0.6 is 11.6 Å². The Labute approximate surface area is 130 Å². The number of nitrogens with two attached hydrogens (primary N) is 1. The van der Waals surface area contributed by atoms with Gasteiger partial charge in [-0.3, -0.25) is 4.79 Å². The average molecular weight is 313 g/mol. The summed E-state index contributed by atoms with van der Waals surface area (Å²) in [7, 11) is 1.69. The minimum atomic E-state index is -0.481. The van der Waals surface area contributed by atoms with Crippen molar-refractivity contribution in [1.29, 1.82) is 0 Å². The van der Waals surface area contributed by atoms with Crippen molar-refractivity contribution in [2.24, 2.45) is 11.1 Å². The van der Waals surface area contributed by atoms with Gasteiger partial charge in [-0.2, -0.15) is 0 Å². The largest absolute Gasteiger partial charge is 0.341 e. The molecule has 0 atom stereocenters. The maximum Gasteiger partial charge on any atom is 0.230 e. The molecule has 1 aromatic carbocycles. The van der Waals surface area contributed by atoms with E-state index in [4.69, 9.17) is 17.3 Å². The van der Waals surface area contributed by atoms with E-state index >= 15 is 0 Å². The number of benzene rings is 1. The lowest BCUT2D eigenvalue weighted by Crippen LogP contribution is -2.47. The molecule has 0 heterocycles. The van der Waals surface area contributed by atoms with Crippen LogP contribution in [0.5, 0.6) is 0 Å². The van der Waals surface area contributed by atoms with Crippen LogP contribution in [0.2, 0.25) is 5.02 Å². The van der Waals surface area contributed by atoms with Gasteiger partial charge in [0.2, 0.25) is 5.91 Å². The van der Waals surface area contributed by atoms with Gasteiger partial charge in [0, 0.05) is 30.7 Å². The van der Waals surface area contributed by atoms with Crippen molar-refractivity contribution in [3.8, 4) is 0 Å². The molecule has 0 unspecified atom stereocenters. The Morgan fingerprint density at radius 3 is 2.62 bits per heavy atom. The number of hydrogen-bond acceptors (Lipinski definition) is 2. The van der Waals surface area contributed by atoms with Crippen LogP contribution < -0.4 is 5.73 Å². The minimum Gasteiger partial charge on any atom is -0.341 e. The highest BCUT2D eigenvalue weighted by Crippen LogP contribution is 2.37. The molecule has 1 aliphatic carbocycles. The molecule has 1 aromatic rings. The number of carbonyl (C=O) groups is 1. The Kier molecular flexibility index (Phi) is 5.22. The fourth-order valence-electron chi connectivity index (χ4n) is 3.13. The summed E-state index contributed by atoms with van der Waals surface area (Å²) in [5.74, 6) is -0.378. The van der Waals surface area contributed by atoms with Crippen molar-refractivity contribution in [3.63, 3.8) is 0 Å².